The van der Waals surface area contributed by atoms with Crippen molar-refractivity contribution in [3.05, 3.63) is 98.9 Å². The summed E-state index contributed by atoms with van der Waals surface area (Å²) in [7, 11) is 0. The van der Waals surface area contributed by atoms with Crippen LogP contribution in [0.1, 0.15) is 32.9 Å². The molecule has 2 amide bonds. The van der Waals surface area contributed by atoms with E-state index in [1.807, 2.05) is 19.1 Å². The van der Waals surface area contributed by atoms with Crippen molar-refractivity contribution in [1.29, 1.82) is 0 Å². The smallest absolute Gasteiger partial charge is 0.293 e. The Balaban J connectivity index is 1.66. The number of hydrogen-bond acceptors (Lipinski definition) is 7. The van der Waals surface area contributed by atoms with Crippen molar-refractivity contribution in [3.8, 4) is 0 Å². The second kappa shape index (κ2) is 10.3. The number of aryl methyl sites for hydroxylation is 2. The number of anilines is 2. The van der Waals surface area contributed by atoms with Gasteiger partial charge in [-0.2, -0.15) is 0 Å². The molecule has 0 aliphatic rings. The topological polar surface area (TPSA) is 144 Å². The van der Waals surface area contributed by atoms with E-state index < -0.39 is 28.9 Å². The number of amides is 2. The zero-order chi connectivity index (χ0) is 26.7. The highest BCUT2D eigenvalue weighted by atomic mass is 16.6. The van der Waals surface area contributed by atoms with Crippen molar-refractivity contribution in [2.75, 3.05) is 10.6 Å². The predicted octanol–water partition coefficient (Wildman–Crippen LogP) is 4.47. The lowest BCUT2D eigenvalue weighted by Crippen LogP contribution is -2.27. The quantitative estimate of drug-likeness (QED) is 0.218. The maximum atomic E-state index is 13.2. The zero-order valence-corrected chi connectivity index (χ0v) is 20.4. The van der Waals surface area contributed by atoms with Crippen LogP contribution in [0.2, 0.25) is 0 Å². The first-order valence-electron chi connectivity index (χ1n) is 11.4. The van der Waals surface area contributed by atoms with Crippen molar-refractivity contribution in [2.24, 2.45) is 0 Å². The fraction of sp³-hybridized carbons (Fsp3) is 0.148. The van der Waals surface area contributed by atoms with Crippen LogP contribution in [0.25, 0.3) is 11.0 Å². The lowest BCUT2D eigenvalue weighted by Gasteiger charge is -2.12. The van der Waals surface area contributed by atoms with E-state index in [1.54, 1.807) is 56.3 Å². The Hall–Kier alpha value is -4.99. The molecule has 0 radical (unpaired) electrons. The molecule has 3 aromatic carbocycles. The van der Waals surface area contributed by atoms with Gasteiger partial charge in [0.1, 0.15) is 5.69 Å². The molecule has 10 heteroatoms. The maximum Gasteiger partial charge on any atom is 0.293 e. The number of aromatic nitrogens is 2. The number of benzene rings is 3. The molecule has 186 valence electrons. The number of carbonyl (C=O) groups excluding carboxylic acids is 3. The third kappa shape index (κ3) is 5.32. The third-order valence-corrected chi connectivity index (χ3v) is 5.98. The minimum atomic E-state index is -1.06. The van der Waals surface area contributed by atoms with Gasteiger partial charge in [0.25, 0.3) is 17.5 Å². The van der Waals surface area contributed by atoms with Crippen LogP contribution >= 0.6 is 0 Å². The van der Waals surface area contributed by atoms with E-state index in [1.165, 1.54) is 6.07 Å². The van der Waals surface area contributed by atoms with Crippen molar-refractivity contribution in [3.63, 3.8) is 0 Å². The van der Waals surface area contributed by atoms with Crippen molar-refractivity contribution in [1.82, 2.24) is 9.97 Å². The summed E-state index contributed by atoms with van der Waals surface area (Å²) in [6.45, 7) is 5.19. The Bertz CT molecular complexity index is 1580. The third-order valence-electron chi connectivity index (χ3n) is 5.98. The van der Waals surface area contributed by atoms with Crippen LogP contribution in [-0.4, -0.2) is 32.5 Å². The normalized spacial score (nSPS) is 10.7. The second-order valence-electron chi connectivity index (χ2n) is 8.49. The van der Waals surface area contributed by atoms with Crippen molar-refractivity contribution < 1.29 is 19.3 Å². The summed E-state index contributed by atoms with van der Waals surface area (Å²) >= 11 is 0. The monoisotopic (exact) mass is 497 g/mol. The first kappa shape index (κ1) is 25.1. The van der Waals surface area contributed by atoms with Crippen LogP contribution in [0.4, 0.5) is 17.1 Å². The van der Waals surface area contributed by atoms with Gasteiger partial charge < -0.3 is 10.6 Å². The number of nitro groups is 1. The van der Waals surface area contributed by atoms with Crippen LogP contribution in [0.5, 0.6) is 0 Å². The van der Waals surface area contributed by atoms with Crippen LogP contribution in [0, 0.1) is 30.9 Å². The van der Waals surface area contributed by atoms with E-state index in [9.17, 15) is 24.5 Å². The van der Waals surface area contributed by atoms with E-state index in [2.05, 4.69) is 20.6 Å². The molecule has 0 aliphatic heterocycles. The average Bonchev–Trinajstić information content (AvgIpc) is 2.87. The van der Waals surface area contributed by atoms with Gasteiger partial charge in [0.05, 0.1) is 28.1 Å². The number of ketones is 1. The maximum absolute atomic E-state index is 13.2. The second-order valence-corrected chi connectivity index (χ2v) is 8.49. The summed E-state index contributed by atoms with van der Waals surface area (Å²) in [5.74, 6) is -2.57. The van der Waals surface area contributed by atoms with E-state index in [0.29, 0.717) is 27.8 Å². The molecule has 0 saturated carbocycles. The summed E-state index contributed by atoms with van der Waals surface area (Å²) in [6.07, 6.45) is -0.529. The van der Waals surface area contributed by atoms with Crippen LogP contribution in [-0.2, 0) is 16.0 Å². The fourth-order valence-electron chi connectivity index (χ4n) is 3.76. The van der Waals surface area contributed by atoms with Gasteiger partial charge in [0.15, 0.2) is 5.69 Å². The lowest BCUT2D eigenvalue weighted by molar-refractivity contribution is -0.384. The number of fused-ring (bicyclic) bond motifs is 1. The molecule has 4 rings (SSSR count). The molecule has 0 fully saturated rings. The van der Waals surface area contributed by atoms with E-state index in [0.717, 1.165) is 5.56 Å². The summed E-state index contributed by atoms with van der Waals surface area (Å²) in [4.78, 5) is 58.6. The number of nitrogens with zero attached hydrogens (tertiary/aromatic N) is 3. The van der Waals surface area contributed by atoms with Gasteiger partial charge in [-0.05, 0) is 55.7 Å². The van der Waals surface area contributed by atoms with Gasteiger partial charge in [0, 0.05) is 11.8 Å². The number of rotatable bonds is 7. The highest BCUT2D eigenvalue weighted by Gasteiger charge is 2.26. The molecular formula is C27H23N5O5. The Labute approximate surface area is 211 Å². The molecule has 1 aromatic heterocycles. The first-order chi connectivity index (χ1) is 17.7. The van der Waals surface area contributed by atoms with Crippen LogP contribution in [0.15, 0.2) is 60.7 Å². The van der Waals surface area contributed by atoms with Crippen LogP contribution < -0.4 is 10.6 Å². The van der Waals surface area contributed by atoms with Crippen molar-refractivity contribution in [2.45, 2.75) is 27.2 Å². The molecule has 2 N–H and O–H groups in total. The number of nitro benzene ring substituents is 1. The van der Waals surface area contributed by atoms with Gasteiger partial charge in [-0.1, -0.05) is 36.4 Å². The molecule has 4 aromatic rings. The molecular weight excluding hydrogens is 474 g/mol. The SMILES string of the molecule is Cc1ccccc1NC(=O)c1nc2ccccc2nc1CC(=O)C(=O)Nc1c([N+](=O)[O-])ccc(C)c1C. The van der Waals surface area contributed by atoms with Gasteiger partial charge in [0.2, 0.25) is 5.78 Å². The van der Waals surface area contributed by atoms with Gasteiger partial charge in [-0.15, -0.1) is 0 Å². The number of Topliss-reactive ketones (excluding diaryl/α,β-unsaturated/α-hetero) is 1. The molecule has 1 heterocycles. The van der Waals surface area contributed by atoms with E-state index >= 15 is 0 Å². The average molecular weight is 498 g/mol. The zero-order valence-electron chi connectivity index (χ0n) is 20.4. The standard InChI is InChI=1S/C27H23N5O5/c1-15-12-13-22(32(36)37)24(17(15)3)31-26(34)23(33)14-21-25(29-20-11-7-6-10-19(20)28-21)27(35)30-18-9-5-4-8-16(18)2/h4-13H,14H2,1-3H3,(H,30,35)(H,31,34). The fourth-order valence-corrected chi connectivity index (χ4v) is 3.76. The molecule has 0 unspecified atom stereocenters. The molecule has 0 aliphatic carbocycles. The highest BCUT2D eigenvalue weighted by molar-refractivity contribution is 6.41. The highest BCUT2D eigenvalue weighted by Crippen LogP contribution is 2.30. The molecule has 0 atom stereocenters. The number of hydrogen-bond donors (Lipinski definition) is 2. The molecule has 0 bridgehead atoms. The Morgan fingerprint density at radius 2 is 1.49 bits per heavy atom. The van der Waals surface area contributed by atoms with Gasteiger partial charge in [-0.3, -0.25) is 24.5 Å². The lowest BCUT2D eigenvalue weighted by atomic mass is 10.1. The minimum absolute atomic E-state index is 0.0143. The number of carbonyl (C=O) groups is 3. The summed E-state index contributed by atoms with van der Waals surface area (Å²) in [6, 6.07) is 16.9. The first-order valence-corrected chi connectivity index (χ1v) is 11.4. The van der Waals surface area contributed by atoms with Crippen LogP contribution in [0.3, 0.4) is 0 Å². The minimum Gasteiger partial charge on any atom is -0.320 e. The Morgan fingerprint density at radius 3 is 2.16 bits per heavy atom. The summed E-state index contributed by atoms with van der Waals surface area (Å²) in [5.41, 5.74) is 3.02. The molecule has 0 spiro atoms. The predicted molar refractivity (Wildman–Crippen MR) is 139 cm³/mol. The van der Waals surface area contributed by atoms with Gasteiger partial charge in [-0.25, -0.2) is 9.97 Å². The molecule has 0 saturated heterocycles. The number of nitrogens with one attached hydrogen (secondary N) is 2. The summed E-state index contributed by atoms with van der Waals surface area (Å²) in [5, 5.41) is 16.6. The van der Waals surface area contributed by atoms with E-state index in [4.69, 9.17) is 0 Å². The largest absolute Gasteiger partial charge is 0.320 e. The van der Waals surface area contributed by atoms with Gasteiger partial charge >= 0.3 is 0 Å². The Kier molecular flexibility index (Phi) is 7.01. The number of para-hydroxylation sites is 3. The molecule has 37 heavy (non-hydrogen) atoms. The van der Waals surface area contributed by atoms with E-state index in [-0.39, 0.29) is 22.8 Å². The Morgan fingerprint density at radius 1 is 0.838 bits per heavy atom. The van der Waals surface area contributed by atoms with Crippen molar-refractivity contribution >= 4 is 45.7 Å². The molecule has 10 nitrogen and oxygen atoms in total. The summed E-state index contributed by atoms with van der Waals surface area (Å²) < 4.78 is 0.